The molecule has 176 valence electrons. The highest BCUT2D eigenvalue weighted by molar-refractivity contribution is 5.93. The first-order chi connectivity index (χ1) is 16.5. The predicted octanol–water partition coefficient (Wildman–Crippen LogP) is 3.49. The largest absolute Gasteiger partial charge is 0.495 e. The van der Waals surface area contributed by atoms with Crippen molar-refractivity contribution in [2.24, 2.45) is 0 Å². The fourth-order valence-electron chi connectivity index (χ4n) is 4.97. The van der Waals surface area contributed by atoms with E-state index >= 15 is 0 Å². The van der Waals surface area contributed by atoms with Crippen LogP contribution >= 0.6 is 0 Å². The Morgan fingerprint density at radius 1 is 1.21 bits per heavy atom. The Kier molecular flexibility index (Phi) is 5.04. The van der Waals surface area contributed by atoms with Crippen LogP contribution < -0.4 is 15.0 Å². The number of nitrogens with one attached hydrogen (secondary N) is 1. The van der Waals surface area contributed by atoms with Gasteiger partial charge in [0.2, 0.25) is 5.95 Å². The van der Waals surface area contributed by atoms with E-state index in [0.29, 0.717) is 25.7 Å². The minimum absolute atomic E-state index is 0.346. The Morgan fingerprint density at radius 3 is 2.94 bits per heavy atom. The summed E-state index contributed by atoms with van der Waals surface area (Å²) in [6, 6.07) is 9.95. The Balaban J connectivity index is 1.30. The second-order valence-electron chi connectivity index (χ2n) is 9.31. The normalized spacial score (nSPS) is 22.3. The molecule has 1 spiro atoms. The van der Waals surface area contributed by atoms with Crippen LogP contribution in [-0.2, 0) is 22.4 Å². The lowest BCUT2D eigenvalue weighted by atomic mass is 9.99. The number of carbonyl (C=O) groups is 1. The van der Waals surface area contributed by atoms with Gasteiger partial charge in [-0.3, -0.25) is 4.90 Å². The maximum absolute atomic E-state index is 12.6. The van der Waals surface area contributed by atoms with Gasteiger partial charge < -0.3 is 24.4 Å². The molecular formula is C25H27N5O4. The number of ether oxygens (including phenoxy) is 3. The molecule has 2 saturated heterocycles. The third kappa shape index (κ3) is 3.70. The molecule has 2 fully saturated rings. The summed E-state index contributed by atoms with van der Waals surface area (Å²) in [5.74, 6) is 1.24. The molecule has 1 aromatic heterocycles. The Hall–Kier alpha value is -3.43. The van der Waals surface area contributed by atoms with Crippen molar-refractivity contribution in [1.82, 2.24) is 14.9 Å². The molecule has 4 heterocycles. The van der Waals surface area contributed by atoms with Crippen molar-refractivity contribution in [3.05, 3.63) is 47.7 Å². The molecular weight excluding hydrogens is 434 g/mol. The van der Waals surface area contributed by atoms with Crippen molar-refractivity contribution in [1.29, 1.82) is 0 Å². The Labute approximate surface area is 197 Å². The van der Waals surface area contributed by atoms with Crippen LogP contribution in [0, 0.1) is 0 Å². The molecule has 0 radical (unpaired) electrons. The number of likely N-dealkylation sites (N-methyl/N-ethyl adjacent to an activating group) is 1. The summed E-state index contributed by atoms with van der Waals surface area (Å²) >= 11 is 0. The molecule has 9 heteroatoms. The lowest BCUT2D eigenvalue weighted by Crippen LogP contribution is -2.34. The highest BCUT2D eigenvalue weighted by Gasteiger charge is 2.48. The minimum Gasteiger partial charge on any atom is -0.495 e. The van der Waals surface area contributed by atoms with Crippen LogP contribution in [0.3, 0.4) is 0 Å². The molecule has 3 aliphatic rings. The van der Waals surface area contributed by atoms with E-state index < -0.39 is 5.60 Å². The fraction of sp³-hybridized carbons (Fsp3) is 0.400. The maximum atomic E-state index is 12.6. The first-order valence-corrected chi connectivity index (χ1v) is 11.5. The van der Waals surface area contributed by atoms with Crippen LogP contribution in [0.15, 0.2) is 36.5 Å². The zero-order valence-electron chi connectivity index (χ0n) is 19.3. The summed E-state index contributed by atoms with van der Waals surface area (Å²) in [5.41, 5.74) is 4.37. The van der Waals surface area contributed by atoms with E-state index in [1.54, 1.807) is 18.2 Å². The van der Waals surface area contributed by atoms with E-state index in [2.05, 4.69) is 34.4 Å². The minimum atomic E-state index is -0.540. The van der Waals surface area contributed by atoms with Gasteiger partial charge in [0.15, 0.2) is 5.60 Å². The molecule has 1 atom stereocenters. The molecule has 0 aliphatic carbocycles. The third-order valence-corrected chi connectivity index (χ3v) is 6.89. The van der Waals surface area contributed by atoms with E-state index in [4.69, 9.17) is 19.2 Å². The molecule has 3 aromatic rings. The van der Waals surface area contributed by atoms with E-state index in [1.807, 2.05) is 18.2 Å². The second-order valence-corrected chi connectivity index (χ2v) is 9.31. The average Bonchev–Trinajstić information content (AvgIpc) is 3.43. The zero-order chi connectivity index (χ0) is 23.3. The van der Waals surface area contributed by atoms with Crippen molar-refractivity contribution < 1.29 is 19.0 Å². The predicted molar refractivity (Wildman–Crippen MR) is 128 cm³/mol. The summed E-state index contributed by atoms with van der Waals surface area (Å²) in [6.07, 6.45) is 3.16. The lowest BCUT2D eigenvalue weighted by molar-refractivity contribution is 0.0435. The number of hydrogen-bond acceptors (Lipinski definition) is 8. The average molecular weight is 462 g/mol. The van der Waals surface area contributed by atoms with Gasteiger partial charge in [-0.2, -0.15) is 0 Å². The van der Waals surface area contributed by atoms with Crippen molar-refractivity contribution in [3.63, 3.8) is 0 Å². The van der Waals surface area contributed by atoms with Gasteiger partial charge in [0, 0.05) is 36.8 Å². The number of fused-ring (bicyclic) bond motifs is 2. The molecule has 0 saturated carbocycles. The standard InChI is InChI=1S/C25H27N5O4/c1-29-7-5-16-10-22(32-2)21(9-18(16)13-29)28-23-26-12-17-3-4-19(11-20(17)27-23)30-14-25(34-24(30)31)6-8-33-15-25/h3-4,9-12H,5-8,13-15H2,1-2H3,(H,26,27,28)/t25-/m0/s1. The fourth-order valence-corrected chi connectivity index (χ4v) is 4.97. The Bertz CT molecular complexity index is 1270. The van der Waals surface area contributed by atoms with Gasteiger partial charge in [-0.15, -0.1) is 0 Å². The molecule has 1 amide bonds. The van der Waals surface area contributed by atoms with Crippen LogP contribution in [0.1, 0.15) is 17.5 Å². The molecule has 1 N–H and O–H groups in total. The highest BCUT2D eigenvalue weighted by atomic mass is 16.6. The Morgan fingerprint density at radius 2 is 2.12 bits per heavy atom. The second kappa shape index (κ2) is 8.11. The van der Waals surface area contributed by atoms with Gasteiger partial charge in [-0.25, -0.2) is 14.8 Å². The van der Waals surface area contributed by atoms with E-state index in [9.17, 15) is 4.79 Å². The number of carbonyl (C=O) groups excluding carboxylic acids is 1. The number of rotatable bonds is 4. The summed E-state index contributed by atoms with van der Waals surface area (Å²) in [7, 11) is 3.80. The van der Waals surface area contributed by atoms with Crippen LogP contribution in [0.25, 0.3) is 10.9 Å². The van der Waals surface area contributed by atoms with Crippen molar-refractivity contribution in [2.75, 3.05) is 50.7 Å². The number of aromatic nitrogens is 2. The molecule has 2 aromatic carbocycles. The first kappa shape index (κ1) is 21.1. The van der Waals surface area contributed by atoms with E-state index in [1.165, 1.54) is 11.1 Å². The quantitative estimate of drug-likeness (QED) is 0.632. The monoisotopic (exact) mass is 461 g/mol. The van der Waals surface area contributed by atoms with Gasteiger partial charge in [-0.1, -0.05) is 0 Å². The molecule has 9 nitrogen and oxygen atoms in total. The number of nitrogens with zero attached hydrogens (tertiary/aromatic N) is 4. The SMILES string of the molecule is COc1cc2c(cc1Nc1ncc3ccc(N4C[C@]5(CCOC5)OC4=O)cc3n1)CN(C)CC2. The van der Waals surface area contributed by atoms with E-state index in [0.717, 1.165) is 54.0 Å². The number of methoxy groups -OCH3 is 1. The molecule has 3 aliphatic heterocycles. The van der Waals surface area contributed by atoms with Crippen molar-refractivity contribution in [3.8, 4) is 5.75 Å². The van der Waals surface area contributed by atoms with Gasteiger partial charge in [0.25, 0.3) is 0 Å². The topological polar surface area (TPSA) is 89.1 Å². The van der Waals surface area contributed by atoms with Crippen molar-refractivity contribution >= 4 is 34.3 Å². The summed E-state index contributed by atoms with van der Waals surface area (Å²) in [5, 5.41) is 4.22. The van der Waals surface area contributed by atoms with E-state index in [-0.39, 0.29) is 6.09 Å². The van der Waals surface area contributed by atoms with Crippen LogP contribution in [0.5, 0.6) is 5.75 Å². The highest BCUT2D eigenvalue weighted by Crippen LogP contribution is 2.36. The van der Waals surface area contributed by atoms with Crippen LogP contribution in [0.4, 0.5) is 22.1 Å². The first-order valence-electron chi connectivity index (χ1n) is 11.5. The van der Waals surface area contributed by atoms with Crippen LogP contribution in [0.2, 0.25) is 0 Å². The number of hydrogen-bond donors (Lipinski definition) is 1. The van der Waals surface area contributed by atoms with Gasteiger partial charge >= 0.3 is 6.09 Å². The van der Waals surface area contributed by atoms with Gasteiger partial charge in [0.05, 0.1) is 38.1 Å². The summed E-state index contributed by atoms with van der Waals surface area (Å²) < 4.78 is 16.8. The molecule has 0 unspecified atom stereocenters. The molecule has 6 rings (SSSR count). The van der Waals surface area contributed by atoms with Gasteiger partial charge in [0.1, 0.15) is 5.75 Å². The molecule has 34 heavy (non-hydrogen) atoms. The maximum Gasteiger partial charge on any atom is 0.415 e. The number of amides is 1. The van der Waals surface area contributed by atoms with Crippen LogP contribution in [-0.4, -0.2) is 67.0 Å². The number of anilines is 3. The summed E-state index contributed by atoms with van der Waals surface area (Å²) in [6.45, 7) is 3.47. The summed E-state index contributed by atoms with van der Waals surface area (Å²) in [4.78, 5) is 25.8. The zero-order valence-corrected chi connectivity index (χ0v) is 19.3. The third-order valence-electron chi connectivity index (χ3n) is 6.89. The van der Waals surface area contributed by atoms with Crippen molar-refractivity contribution in [2.45, 2.75) is 25.0 Å². The lowest BCUT2D eigenvalue weighted by Gasteiger charge is -2.26. The molecule has 0 bridgehead atoms. The smallest absolute Gasteiger partial charge is 0.415 e. The number of benzene rings is 2. The van der Waals surface area contributed by atoms with Gasteiger partial charge in [-0.05, 0) is 54.9 Å².